The highest BCUT2D eigenvalue weighted by atomic mass is 19.3. The summed E-state index contributed by atoms with van der Waals surface area (Å²) < 4.78 is 35.3. The highest BCUT2D eigenvalue weighted by molar-refractivity contribution is 5.53. The van der Waals surface area contributed by atoms with Gasteiger partial charge in [0.2, 0.25) is 6.08 Å². The number of hydrogen-bond acceptors (Lipinski definition) is 4. The topological polar surface area (TPSA) is 47.9 Å². The first kappa shape index (κ1) is 12.1. The van der Waals surface area contributed by atoms with E-state index in [1.54, 1.807) is 18.2 Å². The number of benzene rings is 1. The molecule has 0 radical (unpaired) electrons. The molecule has 3 rings (SSSR count). The van der Waals surface area contributed by atoms with Gasteiger partial charge in [-0.2, -0.15) is 4.99 Å². The standard InChI is InChI=1S/C13H11F2NO3/c14-13(15)18-10-5-3-4-9(11(10)19-13)12(16-8-17)6-1-2-7-12/h3-5H,1-2,6-7H2. The number of halogens is 2. The summed E-state index contributed by atoms with van der Waals surface area (Å²) in [5.74, 6) is -0.0386. The lowest BCUT2D eigenvalue weighted by molar-refractivity contribution is -0.287. The quantitative estimate of drug-likeness (QED) is 0.611. The van der Waals surface area contributed by atoms with Crippen LogP contribution >= 0.6 is 0 Å². The van der Waals surface area contributed by atoms with Gasteiger partial charge in [0.1, 0.15) is 5.54 Å². The van der Waals surface area contributed by atoms with Crippen molar-refractivity contribution in [2.75, 3.05) is 0 Å². The van der Waals surface area contributed by atoms with Gasteiger partial charge in [-0.3, -0.25) is 0 Å². The average molecular weight is 267 g/mol. The van der Waals surface area contributed by atoms with E-state index in [1.165, 1.54) is 6.07 Å². The molecule has 1 heterocycles. The molecule has 2 aliphatic rings. The van der Waals surface area contributed by atoms with Crippen LogP contribution in [0.25, 0.3) is 0 Å². The van der Waals surface area contributed by atoms with Gasteiger partial charge in [0, 0.05) is 5.56 Å². The zero-order chi connectivity index (χ0) is 13.5. The summed E-state index contributed by atoms with van der Waals surface area (Å²) in [6.07, 6.45) is 0.888. The lowest BCUT2D eigenvalue weighted by atomic mass is 9.88. The van der Waals surface area contributed by atoms with Crippen molar-refractivity contribution >= 4 is 6.08 Å². The fraction of sp³-hybridized carbons (Fsp3) is 0.462. The van der Waals surface area contributed by atoms with Gasteiger partial charge >= 0.3 is 6.29 Å². The number of para-hydroxylation sites is 1. The van der Waals surface area contributed by atoms with Crippen LogP contribution in [0.4, 0.5) is 8.78 Å². The fourth-order valence-corrected chi connectivity index (χ4v) is 2.82. The molecule has 0 unspecified atom stereocenters. The third kappa shape index (κ3) is 1.88. The van der Waals surface area contributed by atoms with Crippen molar-refractivity contribution in [2.45, 2.75) is 37.5 Å². The Morgan fingerprint density at radius 3 is 2.63 bits per heavy atom. The van der Waals surface area contributed by atoms with Crippen molar-refractivity contribution < 1.29 is 23.0 Å². The van der Waals surface area contributed by atoms with Gasteiger partial charge in [-0.05, 0) is 18.9 Å². The average Bonchev–Trinajstić information content (AvgIpc) is 2.92. The number of nitrogens with zero attached hydrogens (tertiary/aromatic N) is 1. The summed E-state index contributed by atoms with van der Waals surface area (Å²) >= 11 is 0. The summed E-state index contributed by atoms with van der Waals surface area (Å²) in [7, 11) is 0. The largest absolute Gasteiger partial charge is 0.586 e. The lowest BCUT2D eigenvalue weighted by Gasteiger charge is -2.23. The molecule has 1 saturated carbocycles. The van der Waals surface area contributed by atoms with Crippen LogP contribution in [0.15, 0.2) is 23.2 Å². The van der Waals surface area contributed by atoms with Crippen LogP contribution in [0, 0.1) is 0 Å². The van der Waals surface area contributed by atoms with E-state index in [4.69, 9.17) is 0 Å². The van der Waals surface area contributed by atoms with Crippen LogP contribution in [0.1, 0.15) is 31.2 Å². The van der Waals surface area contributed by atoms with E-state index in [1.807, 2.05) is 0 Å². The minimum absolute atomic E-state index is 0.0186. The maximum absolute atomic E-state index is 13.2. The van der Waals surface area contributed by atoms with Crippen molar-refractivity contribution in [3.05, 3.63) is 23.8 Å². The lowest BCUT2D eigenvalue weighted by Crippen LogP contribution is -2.27. The Labute approximate surface area is 108 Å². The SMILES string of the molecule is O=C=NC1(c2cccc3c2OC(F)(F)O3)CCCC1. The molecular weight excluding hydrogens is 256 g/mol. The molecule has 0 aromatic heterocycles. The molecule has 100 valence electrons. The monoisotopic (exact) mass is 267 g/mol. The highest BCUT2D eigenvalue weighted by Crippen LogP contribution is 2.52. The second-order valence-electron chi connectivity index (χ2n) is 4.74. The Balaban J connectivity index is 2.12. The zero-order valence-corrected chi connectivity index (χ0v) is 9.99. The third-order valence-corrected chi connectivity index (χ3v) is 3.62. The molecule has 0 bridgehead atoms. The number of fused-ring (bicyclic) bond motifs is 1. The van der Waals surface area contributed by atoms with Crippen LogP contribution in [0.2, 0.25) is 0 Å². The molecule has 0 amide bonds. The van der Waals surface area contributed by atoms with Gasteiger partial charge in [0.25, 0.3) is 0 Å². The molecular formula is C13H11F2NO3. The van der Waals surface area contributed by atoms with E-state index >= 15 is 0 Å². The predicted molar refractivity (Wildman–Crippen MR) is 60.9 cm³/mol. The second kappa shape index (κ2) is 4.03. The van der Waals surface area contributed by atoms with Crippen molar-refractivity contribution in [3.8, 4) is 11.5 Å². The maximum Gasteiger partial charge on any atom is 0.586 e. The second-order valence-corrected chi connectivity index (χ2v) is 4.74. The number of rotatable bonds is 2. The van der Waals surface area contributed by atoms with Crippen LogP contribution < -0.4 is 9.47 Å². The number of aliphatic imine (C=N–C) groups is 1. The molecule has 1 aliphatic heterocycles. The van der Waals surface area contributed by atoms with E-state index in [-0.39, 0.29) is 11.5 Å². The third-order valence-electron chi connectivity index (χ3n) is 3.62. The maximum atomic E-state index is 13.2. The minimum Gasteiger partial charge on any atom is -0.395 e. The number of ether oxygens (including phenoxy) is 2. The predicted octanol–water partition coefficient (Wildman–Crippen LogP) is 3.11. The molecule has 6 heteroatoms. The van der Waals surface area contributed by atoms with E-state index in [0.717, 1.165) is 12.8 Å². The Hall–Kier alpha value is -1.94. The summed E-state index contributed by atoms with van der Waals surface area (Å²) in [5, 5.41) is 0. The molecule has 0 N–H and O–H groups in total. The Kier molecular flexibility index (Phi) is 2.57. The first-order valence-corrected chi connectivity index (χ1v) is 6.05. The first-order valence-electron chi connectivity index (χ1n) is 6.05. The first-order chi connectivity index (χ1) is 9.06. The van der Waals surface area contributed by atoms with E-state index in [2.05, 4.69) is 14.5 Å². The molecule has 1 aliphatic carbocycles. The van der Waals surface area contributed by atoms with Crippen molar-refractivity contribution in [3.63, 3.8) is 0 Å². The fourth-order valence-electron chi connectivity index (χ4n) is 2.82. The summed E-state index contributed by atoms with van der Waals surface area (Å²) in [6, 6.07) is 4.65. The number of alkyl halides is 2. The molecule has 1 aromatic rings. The van der Waals surface area contributed by atoms with Crippen molar-refractivity contribution in [1.29, 1.82) is 0 Å². The molecule has 0 spiro atoms. The number of hydrogen-bond donors (Lipinski definition) is 0. The van der Waals surface area contributed by atoms with Crippen LogP contribution in [-0.2, 0) is 10.3 Å². The van der Waals surface area contributed by atoms with E-state index in [0.29, 0.717) is 18.4 Å². The molecule has 19 heavy (non-hydrogen) atoms. The van der Waals surface area contributed by atoms with Crippen LogP contribution in [0.5, 0.6) is 11.5 Å². The highest BCUT2D eigenvalue weighted by Gasteiger charge is 2.48. The van der Waals surface area contributed by atoms with E-state index < -0.39 is 11.8 Å². The van der Waals surface area contributed by atoms with Gasteiger partial charge in [-0.15, -0.1) is 8.78 Å². The van der Waals surface area contributed by atoms with E-state index in [9.17, 15) is 13.6 Å². The van der Waals surface area contributed by atoms with Crippen LogP contribution in [-0.4, -0.2) is 12.4 Å². The summed E-state index contributed by atoms with van der Waals surface area (Å²) in [5.41, 5.74) is -0.334. The molecule has 4 nitrogen and oxygen atoms in total. The molecule has 0 saturated heterocycles. The number of carbonyl (C=O) groups excluding carboxylic acids is 1. The smallest absolute Gasteiger partial charge is 0.395 e. The van der Waals surface area contributed by atoms with Gasteiger partial charge in [0.15, 0.2) is 11.5 Å². The van der Waals surface area contributed by atoms with Gasteiger partial charge in [0.05, 0.1) is 0 Å². The normalized spacial score (nSPS) is 22.0. The minimum atomic E-state index is -3.66. The molecule has 1 fully saturated rings. The Morgan fingerprint density at radius 2 is 1.95 bits per heavy atom. The Bertz CT molecular complexity index is 561. The van der Waals surface area contributed by atoms with Crippen molar-refractivity contribution in [1.82, 2.24) is 0 Å². The van der Waals surface area contributed by atoms with Gasteiger partial charge in [-0.25, -0.2) is 4.79 Å². The molecule has 0 atom stereocenters. The molecule has 1 aromatic carbocycles. The summed E-state index contributed by atoms with van der Waals surface area (Å²) in [4.78, 5) is 14.5. The van der Waals surface area contributed by atoms with Crippen LogP contribution in [0.3, 0.4) is 0 Å². The zero-order valence-electron chi connectivity index (χ0n) is 9.99. The number of isocyanates is 1. The van der Waals surface area contributed by atoms with Gasteiger partial charge < -0.3 is 9.47 Å². The summed E-state index contributed by atoms with van der Waals surface area (Å²) in [6.45, 7) is 0. The Morgan fingerprint density at radius 1 is 1.21 bits per heavy atom. The van der Waals surface area contributed by atoms with Gasteiger partial charge in [-0.1, -0.05) is 25.0 Å². The van der Waals surface area contributed by atoms with Crippen molar-refractivity contribution in [2.24, 2.45) is 4.99 Å².